The summed E-state index contributed by atoms with van der Waals surface area (Å²) < 4.78 is 26.7. The van der Waals surface area contributed by atoms with Crippen LogP contribution in [-0.2, 0) is 47.7 Å². The Morgan fingerprint density at radius 3 is 1.80 bits per heavy atom. The minimum absolute atomic E-state index is 0.00663. The number of rotatable bonds is 38. The van der Waals surface area contributed by atoms with Gasteiger partial charge in [-0.1, -0.05) is 38.5 Å². The van der Waals surface area contributed by atoms with Gasteiger partial charge in [0.2, 0.25) is 23.6 Å². The summed E-state index contributed by atoms with van der Waals surface area (Å²) in [5.74, 6) is -3.81. The molecule has 0 saturated heterocycles. The van der Waals surface area contributed by atoms with Crippen LogP contribution in [0.2, 0.25) is 0 Å². The van der Waals surface area contributed by atoms with Crippen molar-refractivity contribution in [2.24, 2.45) is 5.73 Å². The number of carbonyl (C=O) groups is 7. The molecule has 1 aromatic carbocycles. The summed E-state index contributed by atoms with van der Waals surface area (Å²) in [5.41, 5.74) is 5.32. The van der Waals surface area contributed by atoms with Crippen molar-refractivity contribution in [2.75, 3.05) is 66.0 Å². The summed E-state index contributed by atoms with van der Waals surface area (Å²) >= 11 is 0. The van der Waals surface area contributed by atoms with Crippen molar-refractivity contribution in [3.8, 4) is 5.75 Å². The summed E-state index contributed by atoms with van der Waals surface area (Å²) in [6.07, 6.45) is 7.33. The Bertz CT molecular complexity index is 1390. The van der Waals surface area contributed by atoms with Crippen molar-refractivity contribution < 1.29 is 72.6 Å². The molecule has 0 aliphatic carbocycles. The molecule has 0 unspecified atom stereocenters. The molecule has 334 valence electrons. The monoisotopic (exact) mass is 840 g/mol. The lowest BCUT2D eigenvalue weighted by Crippen LogP contribution is -2.51. The molecule has 0 radical (unpaired) electrons. The number of aromatic carboxylic acids is 1. The molecule has 0 fully saturated rings. The lowest BCUT2D eigenvalue weighted by atomic mass is 10.0. The molecule has 19 heteroatoms. The van der Waals surface area contributed by atoms with Crippen LogP contribution >= 0.6 is 0 Å². The molecule has 1 rings (SSSR count). The second-order valence-corrected chi connectivity index (χ2v) is 13.8. The molecule has 0 heterocycles. The Morgan fingerprint density at radius 1 is 0.627 bits per heavy atom. The fourth-order valence-electron chi connectivity index (χ4n) is 5.39. The fraction of sp³-hybridized carbons (Fsp3) is 0.675. The van der Waals surface area contributed by atoms with Crippen LogP contribution in [0.15, 0.2) is 24.3 Å². The van der Waals surface area contributed by atoms with Gasteiger partial charge in [0, 0.05) is 32.4 Å². The highest BCUT2D eigenvalue weighted by Gasteiger charge is 2.23. The predicted octanol–water partition coefficient (Wildman–Crippen LogP) is 1.51. The minimum Gasteiger partial charge on any atom is -0.494 e. The number of aliphatic hydroxyl groups is 1. The third-order valence-corrected chi connectivity index (χ3v) is 8.64. The van der Waals surface area contributed by atoms with Crippen LogP contribution in [-0.4, -0.2) is 141 Å². The van der Waals surface area contributed by atoms with Crippen LogP contribution in [0.4, 0.5) is 0 Å². The van der Waals surface area contributed by atoms with Crippen molar-refractivity contribution in [3.63, 3.8) is 0 Å². The van der Waals surface area contributed by atoms with Crippen molar-refractivity contribution in [1.82, 2.24) is 16.0 Å². The van der Waals surface area contributed by atoms with Crippen molar-refractivity contribution in [3.05, 3.63) is 29.8 Å². The van der Waals surface area contributed by atoms with Crippen molar-refractivity contribution >= 4 is 41.4 Å². The summed E-state index contributed by atoms with van der Waals surface area (Å²) in [6, 6.07) is 3.98. The molecule has 0 aliphatic heterocycles. The number of aliphatic hydroxyl groups excluding tert-OH is 1. The van der Waals surface area contributed by atoms with E-state index in [1.165, 1.54) is 19.1 Å². The number of amides is 4. The number of primary amides is 1. The van der Waals surface area contributed by atoms with Gasteiger partial charge in [-0.2, -0.15) is 0 Å². The lowest BCUT2D eigenvalue weighted by molar-refractivity contribution is -0.142. The van der Waals surface area contributed by atoms with Crippen LogP contribution < -0.4 is 26.4 Å². The average Bonchev–Trinajstić information content (AvgIpc) is 3.19. The Hall–Kier alpha value is -4.69. The van der Waals surface area contributed by atoms with Crippen molar-refractivity contribution in [2.45, 2.75) is 109 Å². The van der Waals surface area contributed by atoms with E-state index in [2.05, 4.69) is 16.0 Å². The Balaban J connectivity index is 1.96. The maximum absolute atomic E-state index is 12.3. The zero-order chi connectivity index (χ0) is 43.7. The molecule has 0 aliphatic rings. The van der Waals surface area contributed by atoms with Crippen LogP contribution in [0.5, 0.6) is 5.75 Å². The van der Waals surface area contributed by atoms with E-state index < -0.39 is 41.9 Å². The molecule has 3 atom stereocenters. The Morgan fingerprint density at radius 2 is 1.20 bits per heavy atom. The lowest BCUT2D eigenvalue weighted by Gasteiger charge is -2.17. The van der Waals surface area contributed by atoms with Crippen LogP contribution in [0.1, 0.15) is 101 Å². The average molecular weight is 841 g/mol. The van der Waals surface area contributed by atoms with E-state index in [0.29, 0.717) is 25.2 Å². The molecule has 8 N–H and O–H groups in total. The number of unbranched alkanes of at least 4 members (excludes halogenated alkanes) is 7. The summed E-state index contributed by atoms with van der Waals surface area (Å²) in [4.78, 5) is 82.0. The van der Waals surface area contributed by atoms with Gasteiger partial charge in [-0.3, -0.25) is 24.0 Å². The number of hydrogen-bond donors (Lipinski definition) is 7. The number of carboxylic acid groups (broad SMARTS) is 2. The minimum atomic E-state index is -1.21. The largest absolute Gasteiger partial charge is 0.494 e. The number of ketones is 1. The molecule has 0 aromatic heterocycles. The summed E-state index contributed by atoms with van der Waals surface area (Å²) in [5, 5.41) is 35.3. The first-order chi connectivity index (χ1) is 28.3. The zero-order valence-electron chi connectivity index (χ0n) is 34.1. The van der Waals surface area contributed by atoms with E-state index in [1.54, 1.807) is 12.1 Å². The molecular weight excluding hydrogens is 776 g/mol. The molecule has 0 saturated carbocycles. The highest BCUT2D eigenvalue weighted by molar-refractivity contribution is 5.88. The van der Waals surface area contributed by atoms with Crippen LogP contribution in [0, 0.1) is 0 Å². The van der Waals surface area contributed by atoms with Gasteiger partial charge in [0.05, 0.1) is 51.3 Å². The van der Waals surface area contributed by atoms with Gasteiger partial charge in [-0.25, -0.2) is 9.59 Å². The van der Waals surface area contributed by atoms with E-state index in [-0.39, 0.29) is 108 Å². The summed E-state index contributed by atoms with van der Waals surface area (Å²) in [6.45, 7) is 2.67. The Kier molecular flexibility index (Phi) is 29.4. The first kappa shape index (κ1) is 52.3. The molecule has 0 spiro atoms. The van der Waals surface area contributed by atoms with E-state index in [4.69, 9.17) is 34.5 Å². The number of ether oxygens (including phenoxy) is 5. The number of nitrogens with two attached hydrogens (primary N) is 1. The third-order valence-electron chi connectivity index (χ3n) is 8.64. The number of carbonyl (C=O) groups excluding carboxylic acids is 5. The third kappa shape index (κ3) is 28.4. The quantitative estimate of drug-likeness (QED) is 0.0465. The molecule has 0 bridgehead atoms. The first-order valence-corrected chi connectivity index (χ1v) is 20.1. The SMILES string of the molecule is C[C@@H](O)[C@H](NC(=O)COCCOCCNC(=O)COCCOCCCC(=O)CC[C@H](NC(=O)CCCCCCCCCCOc1ccc(C(=O)O)cc1)C(=O)O)C(N)=O. The molecule has 59 heavy (non-hydrogen) atoms. The highest BCUT2D eigenvalue weighted by atomic mass is 16.5. The first-order valence-electron chi connectivity index (χ1n) is 20.1. The number of benzene rings is 1. The standard InChI is InChI=1S/C40H64N4O15/c1-29(45)37(38(41)50)44-36(49)28-58-26-24-56-22-19-42-35(48)27-57-25-23-55-20-10-11-31(46)15-18-33(40(53)54)43-34(47)12-8-6-4-2-3-5-7-9-21-59-32-16-13-30(14-17-32)39(51)52/h13-14,16-17,29,33,37,45H,2-12,15,18-28H2,1H3,(H2,41,50)(H,42,48)(H,43,47)(H,44,49)(H,51,52)(H,53,54)/t29-,33+,37+/m1/s1. The number of aliphatic carboxylic acids is 1. The molecular formula is C40H64N4O15. The van der Waals surface area contributed by atoms with Gasteiger partial charge < -0.3 is 60.7 Å². The van der Waals surface area contributed by atoms with Crippen LogP contribution in [0.3, 0.4) is 0 Å². The molecule has 19 nitrogen and oxygen atoms in total. The van der Waals surface area contributed by atoms with E-state index in [1.807, 2.05) is 0 Å². The maximum atomic E-state index is 12.3. The van der Waals surface area contributed by atoms with Gasteiger partial charge in [-0.05, 0) is 56.9 Å². The van der Waals surface area contributed by atoms with Gasteiger partial charge in [-0.15, -0.1) is 0 Å². The Labute approximate surface area is 345 Å². The highest BCUT2D eigenvalue weighted by Crippen LogP contribution is 2.14. The zero-order valence-corrected chi connectivity index (χ0v) is 34.1. The maximum Gasteiger partial charge on any atom is 0.335 e. The van der Waals surface area contributed by atoms with E-state index in [9.17, 15) is 43.8 Å². The number of carboxylic acids is 2. The topological polar surface area (TPSA) is 288 Å². The van der Waals surface area contributed by atoms with Gasteiger partial charge in [0.25, 0.3) is 0 Å². The fourth-order valence-corrected chi connectivity index (χ4v) is 5.39. The van der Waals surface area contributed by atoms with Gasteiger partial charge in [0.1, 0.15) is 36.8 Å². The second-order valence-electron chi connectivity index (χ2n) is 13.8. The van der Waals surface area contributed by atoms with Crippen molar-refractivity contribution in [1.29, 1.82) is 0 Å². The molecule has 1 aromatic rings. The van der Waals surface area contributed by atoms with E-state index >= 15 is 0 Å². The van der Waals surface area contributed by atoms with E-state index in [0.717, 1.165) is 44.9 Å². The number of hydrogen-bond acceptors (Lipinski definition) is 13. The van der Waals surface area contributed by atoms with Crippen LogP contribution in [0.25, 0.3) is 0 Å². The second kappa shape index (κ2) is 33.2. The predicted molar refractivity (Wildman–Crippen MR) is 213 cm³/mol. The van der Waals surface area contributed by atoms with Gasteiger partial charge >= 0.3 is 11.9 Å². The smallest absolute Gasteiger partial charge is 0.335 e. The summed E-state index contributed by atoms with van der Waals surface area (Å²) in [7, 11) is 0. The number of Topliss-reactive ketones (excluding diaryl/α,β-unsaturated/α-hetero) is 1. The van der Waals surface area contributed by atoms with Gasteiger partial charge in [0.15, 0.2) is 0 Å². The normalized spacial score (nSPS) is 12.5. The molecule has 4 amide bonds. The number of nitrogens with one attached hydrogen (secondary N) is 3.